The Morgan fingerprint density at radius 1 is 1.03 bits per heavy atom. The molecule has 2 aromatic rings. The summed E-state index contributed by atoms with van der Waals surface area (Å²) in [5.41, 5.74) is 1.62. The first-order valence-corrected chi connectivity index (χ1v) is 10.0. The largest absolute Gasteiger partial charge is 0.493 e. The van der Waals surface area contributed by atoms with Crippen LogP contribution in [0.25, 0.3) is 0 Å². The van der Waals surface area contributed by atoms with Crippen molar-refractivity contribution in [1.82, 2.24) is 10.6 Å². The van der Waals surface area contributed by atoms with Gasteiger partial charge in [0, 0.05) is 23.4 Å². The van der Waals surface area contributed by atoms with Gasteiger partial charge in [-0.3, -0.25) is 14.9 Å². The Balaban J connectivity index is 1.91. The van der Waals surface area contributed by atoms with Crippen LogP contribution in [0.1, 0.15) is 47.9 Å². The zero-order valence-corrected chi connectivity index (χ0v) is 17.8. The van der Waals surface area contributed by atoms with Crippen LogP contribution < -0.4 is 20.7 Å². The highest BCUT2D eigenvalue weighted by Crippen LogP contribution is 2.14. The summed E-state index contributed by atoms with van der Waals surface area (Å²) in [4.78, 5) is 24.4. The van der Waals surface area contributed by atoms with Crippen LogP contribution in [0.2, 0.25) is 0 Å². The molecular formula is C22H27N3O3S. The maximum atomic E-state index is 12.4. The number of hydrogen-bond donors (Lipinski definition) is 3. The van der Waals surface area contributed by atoms with E-state index in [-0.39, 0.29) is 16.9 Å². The molecular weight excluding hydrogens is 386 g/mol. The van der Waals surface area contributed by atoms with E-state index in [1.807, 2.05) is 6.92 Å². The molecule has 3 N–H and O–H groups in total. The standard InChI is InChI=1S/C22H27N3O3S/c1-4-12-23-20(26)17-6-5-7-18(13-17)24-22(29)25-21(27)16-8-10-19(11-9-16)28-14-15(2)3/h5-11,13,15H,4,12,14H2,1-3H3,(H,23,26)(H2,24,25,27,29). The SMILES string of the molecule is CCCNC(=O)c1cccc(NC(=S)NC(=O)c2ccc(OCC(C)C)cc2)c1. The van der Waals surface area contributed by atoms with Crippen LogP contribution in [0.15, 0.2) is 48.5 Å². The van der Waals surface area contributed by atoms with Crippen molar-refractivity contribution in [2.75, 3.05) is 18.5 Å². The van der Waals surface area contributed by atoms with Crippen molar-refractivity contribution in [3.63, 3.8) is 0 Å². The maximum Gasteiger partial charge on any atom is 0.257 e. The third-order valence-electron chi connectivity index (χ3n) is 3.85. The molecule has 2 amide bonds. The third kappa shape index (κ3) is 7.54. The van der Waals surface area contributed by atoms with Gasteiger partial charge in [0.05, 0.1) is 6.61 Å². The van der Waals surface area contributed by atoms with Gasteiger partial charge in [0.25, 0.3) is 11.8 Å². The summed E-state index contributed by atoms with van der Waals surface area (Å²) in [6.45, 7) is 7.37. The van der Waals surface area contributed by atoms with Crippen molar-refractivity contribution in [2.45, 2.75) is 27.2 Å². The van der Waals surface area contributed by atoms with Crippen LogP contribution in [0.5, 0.6) is 5.75 Å². The van der Waals surface area contributed by atoms with Gasteiger partial charge in [0.2, 0.25) is 0 Å². The normalized spacial score (nSPS) is 10.3. The van der Waals surface area contributed by atoms with Gasteiger partial charge in [0.15, 0.2) is 5.11 Å². The summed E-state index contributed by atoms with van der Waals surface area (Å²) < 4.78 is 5.61. The molecule has 7 heteroatoms. The number of amides is 2. The van der Waals surface area contributed by atoms with Gasteiger partial charge in [-0.15, -0.1) is 0 Å². The highest BCUT2D eigenvalue weighted by atomic mass is 32.1. The molecule has 154 valence electrons. The zero-order chi connectivity index (χ0) is 21.2. The van der Waals surface area contributed by atoms with E-state index in [1.54, 1.807) is 48.5 Å². The monoisotopic (exact) mass is 413 g/mol. The Hall–Kier alpha value is -2.93. The molecule has 0 radical (unpaired) electrons. The van der Waals surface area contributed by atoms with Gasteiger partial charge in [0.1, 0.15) is 5.75 Å². The average molecular weight is 414 g/mol. The van der Waals surface area contributed by atoms with E-state index < -0.39 is 0 Å². The maximum absolute atomic E-state index is 12.4. The topological polar surface area (TPSA) is 79.5 Å². The molecule has 2 rings (SSSR count). The number of carbonyl (C=O) groups is 2. The minimum Gasteiger partial charge on any atom is -0.493 e. The molecule has 0 spiro atoms. The summed E-state index contributed by atoms with van der Waals surface area (Å²) in [7, 11) is 0. The minimum absolute atomic E-state index is 0.148. The molecule has 0 aromatic heterocycles. The van der Waals surface area contributed by atoms with Gasteiger partial charge < -0.3 is 15.4 Å². The first-order chi connectivity index (χ1) is 13.9. The van der Waals surface area contributed by atoms with Crippen LogP contribution in [0.4, 0.5) is 5.69 Å². The van der Waals surface area contributed by atoms with Gasteiger partial charge in [-0.05, 0) is 67.0 Å². The Morgan fingerprint density at radius 2 is 1.76 bits per heavy atom. The first kappa shape index (κ1) is 22.4. The highest BCUT2D eigenvalue weighted by molar-refractivity contribution is 7.80. The summed E-state index contributed by atoms with van der Waals surface area (Å²) >= 11 is 5.22. The molecule has 0 bridgehead atoms. The number of anilines is 1. The van der Waals surface area contributed by atoms with Crippen molar-refractivity contribution in [3.05, 3.63) is 59.7 Å². The van der Waals surface area contributed by atoms with Crippen molar-refractivity contribution in [2.24, 2.45) is 5.92 Å². The van der Waals surface area contributed by atoms with E-state index in [0.717, 1.165) is 6.42 Å². The fourth-order valence-corrected chi connectivity index (χ4v) is 2.59. The van der Waals surface area contributed by atoms with Crippen LogP contribution in [0.3, 0.4) is 0 Å². The number of carbonyl (C=O) groups excluding carboxylic acids is 2. The Bertz CT molecular complexity index is 851. The predicted molar refractivity (Wildman–Crippen MR) is 120 cm³/mol. The number of rotatable bonds is 8. The molecule has 0 aliphatic heterocycles. The van der Waals surface area contributed by atoms with Crippen molar-refractivity contribution < 1.29 is 14.3 Å². The van der Waals surface area contributed by atoms with E-state index in [1.165, 1.54) is 0 Å². The molecule has 0 saturated heterocycles. The lowest BCUT2D eigenvalue weighted by Crippen LogP contribution is -2.34. The second kappa shape index (κ2) is 11.2. The molecule has 0 aliphatic rings. The van der Waals surface area contributed by atoms with E-state index in [2.05, 4.69) is 29.8 Å². The van der Waals surface area contributed by atoms with Gasteiger partial charge in [-0.2, -0.15) is 0 Å². The number of nitrogens with one attached hydrogen (secondary N) is 3. The highest BCUT2D eigenvalue weighted by Gasteiger charge is 2.10. The van der Waals surface area contributed by atoms with Crippen LogP contribution in [-0.4, -0.2) is 30.1 Å². The lowest BCUT2D eigenvalue weighted by Gasteiger charge is -2.12. The average Bonchev–Trinajstić information content (AvgIpc) is 2.70. The fourth-order valence-electron chi connectivity index (χ4n) is 2.38. The lowest BCUT2D eigenvalue weighted by atomic mass is 10.2. The molecule has 0 unspecified atom stereocenters. The quantitative estimate of drug-likeness (QED) is 0.571. The number of thiocarbonyl (C=S) groups is 1. The summed E-state index contributed by atoms with van der Waals surface area (Å²) in [6, 6.07) is 13.8. The summed E-state index contributed by atoms with van der Waals surface area (Å²) in [5, 5.41) is 8.55. The van der Waals surface area contributed by atoms with E-state index in [0.29, 0.717) is 41.6 Å². The van der Waals surface area contributed by atoms with Crippen LogP contribution >= 0.6 is 12.2 Å². The Kier molecular flexibility index (Phi) is 8.61. The Morgan fingerprint density at radius 3 is 2.41 bits per heavy atom. The van der Waals surface area contributed by atoms with E-state index in [9.17, 15) is 9.59 Å². The second-order valence-corrected chi connectivity index (χ2v) is 7.38. The minimum atomic E-state index is -0.324. The fraction of sp³-hybridized carbons (Fsp3) is 0.318. The van der Waals surface area contributed by atoms with Gasteiger partial charge >= 0.3 is 0 Å². The molecule has 0 aliphatic carbocycles. The molecule has 0 atom stereocenters. The van der Waals surface area contributed by atoms with Crippen molar-refractivity contribution in [1.29, 1.82) is 0 Å². The van der Waals surface area contributed by atoms with Crippen LogP contribution in [-0.2, 0) is 0 Å². The summed E-state index contributed by atoms with van der Waals surface area (Å²) in [6.07, 6.45) is 0.866. The smallest absolute Gasteiger partial charge is 0.257 e. The predicted octanol–water partition coefficient (Wildman–Crippen LogP) is 3.99. The third-order valence-corrected chi connectivity index (χ3v) is 4.05. The van der Waals surface area contributed by atoms with Gasteiger partial charge in [-0.25, -0.2) is 0 Å². The summed E-state index contributed by atoms with van der Waals surface area (Å²) in [5.74, 6) is 0.673. The molecule has 2 aromatic carbocycles. The van der Waals surface area contributed by atoms with Crippen LogP contribution in [0, 0.1) is 5.92 Å². The molecule has 29 heavy (non-hydrogen) atoms. The van der Waals surface area contributed by atoms with E-state index >= 15 is 0 Å². The molecule has 0 fully saturated rings. The lowest BCUT2D eigenvalue weighted by molar-refractivity contribution is 0.0951. The zero-order valence-electron chi connectivity index (χ0n) is 17.0. The molecule has 0 saturated carbocycles. The first-order valence-electron chi connectivity index (χ1n) is 9.62. The Labute approximate surface area is 177 Å². The van der Waals surface area contributed by atoms with Gasteiger partial charge in [-0.1, -0.05) is 26.8 Å². The number of hydrogen-bond acceptors (Lipinski definition) is 4. The van der Waals surface area contributed by atoms with Crippen molar-refractivity contribution in [3.8, 4) is 5.75 Å². The molecule has 6 nitrogen and oxygen atoms in total. The van der Waals surface area contributed by atoms with E-state index in [4.69, 9.17) is 17.0 Å². The molecule has 0 heterocycles. The second-order valence-electron chi connectivity index (χ2n) is 6.97. The number of benzene rings is 2. The number of ether oxygens (including phenoxy) is 1. The van der Waals surface area contributed by atoms with Crippen molar-refractivity contribution >= 4 is 34.8 Å².